The number of hydrogen-bond acceptors (Lipinski definition) is 3. The van der Waals surface area contributed by atoms with E-state index in [1.807, 2.05) is 6.07 Å². The first kappa shape index (κ1) is 13.8. The Labute approximate surface area is 125 Å². The zero-order chi connectivity index (χ0) is 15.0. The number of anilines is 1. The molecule has 1 aliphatic carbocycles. The number of aromatic nitrogens is 1. The molecule has 0 saturated heterocycles. The van der Waals surface area contributed by atoms with Crippen molar-refractivity contribution in [2.24, 2.45) is 11.8 Å². The number of carbonyl (C=O) groups is 2. The van der Waals surface area contributed by atoms with Crippen LogP contribution in [0.3, 0.4) is 0 Å². The van der Waals surface area contributed by atoms with Gasteiger partial charge in [0.15, 0.2) is 0 Å². The number of rotatable bonds is 3. The van der Waals surface area contributed by atoms with Gasteiger partial charge in [0, 0.05) is 11.6 Å². The largest absolute Gasteiger partial charge is 0.481 e. The Hall–Kier alpha value is -2.14. The van der Waals surface area contributed by atoms with Crippen LogP contribution in [0.15, 0.2) is 30.5 Å². The van der Waals surface area contributed by atoms with E-state index in [-0.39, 0.29) is 5.91 Å². The topological polar surface area (TPSA) is 79.3 Å². The SMILES string of the molecule is O=C(O)[C@@H]1CC[C@H]1C(=O)Nc1ccc(Cl)c2ncccc12. The van der Waals surface area contributed by atoms with Gasteiger partial charge in [0.2, 0.25) is 5.91 Å². The van der Waals surface area contributed by atoms with Crippen molar-refractivity contribution in [3.63, 3.8) is 0 Å². The summed E-state index contributed by atoms with van der Waals surface area (Å²) >= 11 is 6.08. The van der Waals surface area contributed by atoms with Crippen molar-refractivity contribution in [1.29, 1.82) is 0 Å². The van der Waals surface area contributed by atoms with Gasteiger partial charge in [-0.05, 0) is 37.1 Å². The van der Waals surface area contributed by atoms with Crippen LogP contribution < -0.4 is 5.32 Å². The average Bonchev–Trinajstić information content (AvgIpc) is 2.40. The normalized spacial score (nSPS) is 20.8. The summed E-state index contributed by atoms with van der Waals surface area (Å²) in [6.45, 7) is 0. The van der Waals surface area contributed by atoms with E-state index in [2.05, 4.69) is 10.3 Å². The zero-order valence-corrected chi connectivity index (χ0v) is 11.8. The van der Waals surface area contributed by atoms with E-state index >= 15 is 0 Å². The molecule has 2 N–H and O–H groups in total. The van der Waals surface area contributed by atoms with Crippen LogP contribution in [0, 0.1) is 11.8 Å². The van der Waals surface area contributed by atoms with Gasteiger partial charge in [-0.1, -0.05) is 11.6 Å². The first-order chi connectivity index (χ1) is 10.1. The first-order valence-corrected chi connectivity index (χ1v) is 7.02. The van der Waals surface area contributed by atoms with E-state index in [1.54, 1.807) is 24.4 Å². The van der Waals surface area contributed by atoms with Crippen molar-refractivity contribution in [3.05, 3.63) is 35.5 Å². The molecule has 0 unspecified atom stereocenters. The van der Waals surface area contributed by atoms with E-state index < -0.39 is 17.8 Å². The van der Waals surface area contributed by atoms with E-state index in [1.165, 1.54) is 0 Å². The van der Waals surface area contributed by atoms with Crippen LogP contribution in [0.25, 0.3) is 10.9 Å². The highest BCUT2D eigenvalue weighted by molar-refractivity contribution is 6.35. The van der Waals surface area contributed by atoms with Gasteiger partial charge in [0.1, 0.15) is 0 Å². The molecule has 0 radical (unpaired) electrons. The average molecular weight is 305 g/mol. The highest BCUT2D eigenvalue weighted by Gasteiger charge is 2.41. The van der Waals surface area contributed by atoms with Crippen molar-refractivity contribution in [3.8, 4) is 0 Å². The monoisotopic (exact) mass is 304 g/mol. The molecule has 5 nitrogen and oxygen atoms in total. The summed E-state index contributed by atoms with van der Waals surface area (Å²) in [7, 11) is 0. The van der Waals surface area contributed by atoms with Crippen LogP contribution >= 0.6 is 11.6 Å². The van der Waals surface area contributed by atoms with Gasteiger partial charge >= 0.3 is 5.97 Å². The molecule has 1 aromatic carbocycles. The van der Waals surface area contributed by atoms with Gasteiger partial charge in [-0.2, -0.15) is 0 Å². The molecule has 1 fully saturated rings. The minimum Gasteiger partial charge on any atom is -0.481 e. The molecule has 2 aromatic rings. The van der Waals surface area contributed by atoms with Crippen LogP contribution in [0.5, 0.6) is 0 Å². The molecule has 1 heterocycles. The Morgan fingerprint density at radius 1 is 1.24 bits per heavy atom. The molecule has 1 amide bonds. The lowest BCUT2D eigenvalue weighted by Gasteiger charge is -2.32. The highest BCUT2D eigenvalue weighted by Crippen LogP contribution is 2.36. The van der Waals surface area contributed by atoms with Crippen LogP contribution in [0.4, 0.5) is 5.69 Å². The Bertz CT molecular complexity index is 732. The number of carboxylic acid groups (broad SMARTS) is 1. The van der Waals surface area contributed by atoms with Gasteiger partial charge in [-0.15, -0.1) is 0 Å². The van der Waals surface area contributed by atoms with Crippen LogP contribution in [-0.2, 0) is 9.59 Å². The molecule has 3 rings (SSSR count). The van der Waals surface area contributed by atoms with Gasteiger partial charge in [-0.3, -0.25) is 14.6 Å². The lowest BCUT2D eigenvalue weighted by molar-refractivity contribution is -0.151. The van der Waals surface area contributed by atoms with E-state index in [9.17, 15) is 9.59 Å². The van der Waals surface area contributed by atoms with Crippen molar-refractivity contribution >= 4 is 40.1 Å². The molecule has 21 heavy (non-hydrogen) atoms. The third kappa shape index (κ3) is 2.45. The summed E-state index contributed by atoms with van der Waals surface area (Å²) in [6.07, 6.45) is 2.79. The number of amides is 1. The second kappa shape index (κ2) is 5.33. The predicted octanol–water partition coefficient (Wildman–Crippen LogP) is 2.94. The molecule has 108 valence electrons. The van der Waals surface area contributed by atoms with E-state index in [0.717, 1.165) is 5.39 Å². The zero-order valence-electron chi connectivity index (χ0n) is 11.0. The maximum Gasteiger partial charge on any atom is 0.307 e. The maximum atomic E-state index is 12.2. The fourth-order valence-electron chi connectivity index (χ4n) is 2.58. The first-order valence-electron chi connectivity index (χ1n) is 6.65. The smallest absolute Gasteiger partial charge is 0.307 e. The number of fused-ring (bicyclic) bond motifs is 1. The molecule has 6 heteroatoms. The minimum absolute atomic E-state index is 0.263. The fraction of sp³-hybridized carbons (Fsp3) is 0.267. The van der Waals surface area contributed by atoms with Gasteiger partial charge in [0.25, 0.3) is 0 Å². The summed E-state index contributed by atoms with van der Waals surface area (Å²) in [5, 5.41) is 13.1. The van der Waals surface area contributed by atoms with Gasteiger partial charge < -0.3 is 10.4 Å². The van der Waals surface area contributed by atoms with Crippen molar-refractivity contribution < 1.29 is 14.7 Å². The number of nitrogens with zero attached hydrogens (tertiary/aromatic N) is 1. The van der Waals surface area contributed by atoms with Crippen LogP contribution in [0.1, 0.15) is 12.8 Å². The highest BCUT2D eigenvalue weighted by atomic mass is 35.5. The number of pyridine rings is 1. The fourth-order valence-corrected chi connectivity index (χ4v) is 2.80. The maximum absolute atomic E-state index is 12.2. The number of nitrogens with one attached hydrogen (secondary N) is 1. The predicted molar refractivity (Wildman–Crippen MR) is 79.2 cm³/mol. The summed E-state index contributed by atoms with van der Waals surface area (Å²) in [6, 6.07) is 6.96. The third-order valence-electron chi connectivity index (χ3n) is 3.91. The van der Waals surface area contributed by atoms with Gasteiger partial charge in [0.05, 0.1) is 28.1 Å². The molecule has 2 atom stereocenters. The summed E-state index contributed by atoms with van der Waals surface area (Å²) < 4.78 is 0. The number of aliphatic carboxylic acids is 1. The Morgan fingerprint density at radius 3 is 2.67 bits per heavy atom. The molecule has 0 aliphatic heterocycles. The summed E-state index contributed by atoms with van der Waals surface area (Å²) in [5.41, 5.74) is 1.21. The number of benzene rings is 1. The lowest BCUT2D eigenvalue weighted by atomic mass is 9.73. The standard InChI is InChI=1S/C15H13ClN2O3/c16-11-5-6-12(10-2-1-7-17-13(10)11)18-14(19)8-3-4-9(8)15(20)21/h1-2,5-9H,3-4H2,(H,18,19)(H,20,21)/t8-,9-/m1/s1. The third-order valence-corrected chi connectivity index (χ3v) is 4.21. The summed E-state index contributed by atoms with van der Waals surface area (Å²) in [4.78, 5) is 27.4. The Balaban J connectivity index is 1.87. The molecule has 1 aromatic heterocycles. The molecule has 1 saturated carbocycles. The van der Waals surface area contributed by atoms with Crippen LogP contribution in [0.2, 0.25) is 5.02 Å². The molecular weight excluding hydrogens is 292 g/mol. The molecule has 0 bridgehead atoms. The van der Waals surface area contributed by atoms with Crippen molar-refractivity contribution in [2.75, 3.05) is 5.32 Å². The van der Waals surface area contributed by atoms with Crippen molar-refractivity contribution in [2.45, 2.75) is 12.8 Å². The van der Waals surface area contributed by atoms with Gasteiger partial charge in [-0.25, -0.2) is 0 Å². The van der Waals surface area contributed by atoms with Crippen molar-refractivity contribution in [1.82, 2.24) is 4.98 Å². The van der Waals surface area contributed by atoms with E-state index in [0.29, 0.717) is 29.1 Å². The summed E-state index contributed by atoms with van der Waals surface area (Å²) in [5.74, 6) is -2.23. The second-order valence-corrected chi connectivity index (χ2v) is 5.52. The number of halogens is 1. The molecule has 1 aliphatic rings. The quantitative estimate of drug-likeness (QED) is 0.913. The molecular formula is C15H13ClN2O3. The Morgan fingerprint density at radius 2 is 2.00 bits per heavy atom. The van der Waals surface area contributed by atoms with E-state index in [4.69, 9.17) is 16.7 Å². The number of hydrogen-bond donors (Lipinski definition) is 2. The number of carbonyl (C=O) groups excluding carboxylic acids is 1. The number of carboxylic acids is 1. The minimum atomic E-state index is -0.913. The van der Waals surface area contributed by atoms with Crippen LogP contribution in [-0.4, -0.2) is 22.0 Å². The Kier molecular flexibility index (Phi) is 3.51. The second-order valence-electron chi connectivity index (χ2n) is 5.11. The lowest BCUT2D eigenvalue weighted by Crippen LogP contribution is -2.41. The molecule has 0 spiro atoms.